The van der Waals surface area contributed by atoms with Gasteiger partial charge in [0, 0.05) is 24.5 Å². The number of anilines is 2. The van der Waals surface area contributed by atoms with Gasteiger partial charge in [-0.3, -0.25) is 14.5 Å². The molecule has 2 aromatic rings. The van der Waals surface area contributed by atoms with Crippen LogP contribution in [0.5, 0.6) is 0 Å². The second-order valence-electron chi connectivity index (χ2n) is 5.31. The van der Waals surface area contributed by atoms with Crippen molar-refractivity contribution < 1.29 is 14.4 Å². The number of hydrogen-bond acceptors (Lipinski definition) is 4. The molecule has 0 aromatic heterocycles. The van der Waals surface area contributed by atoms with Gasteiger partial charge in [0.2, 0.25) is 0 Å². The predicted molar refractivity (Wildman–Crippen MR) is 89.7 cm³/mol. The third kappa shape index (κ3) is 3.05. The van der Waals surface area contributed by atoms with E-state index < -0.39 is 6.03 Å². The highest BCUT2D eigenvalue weighted by atomic mass is 16.2. The van der Waals surface area contributed by atoms with Crippen molar-refractivity contribution in [3.8, 4) is 0 Å². The maximum absolute atomic E-state index is 12.2. The molecule has 4 amide bonds. The first-order valence-electron chi connectivity index (χ1n) is 7.42. The van der Waals surface area contributed by atoms with E-state index in [4.69, 9.17) is 5.73 Å². The Labute approximate surface area is 138 Å². The maximum atomic E-state index is 12.2. The lowest BCUT2D eigenvalue weighted by Crippen LogP contribution is -2.39. The quantitative estimate of drug-likeness (QED) is 0.588. The average molecular weight is 324 g/mol. The van der Waals surface area contributed by atoms with Crippen LogP contribution in [0.15, 0.2) is 48.5 Å². The van der Waals surface area contributed by atoms with E-state index in [0.29, 0.717) is 22.5 Å². The molecule has 0 atom stereocenters. The molecule has 0 unspecified atom stereocenters. The van der Waals surface area contributed by atoms with Crippen molar-refractivity contribution in [2.24, 2.45) is 0 Å². The number of nitrogen functional groups attached to an aromatic ring is 1. The molecule has 7 heteroatoms. The number of fused-ring (bicyclic) bond motifs is 1. The van der Waals surface area contributed by atoms with E-state index in [1.807, 2.05) is 0 Å². The molecule has 0 fully saturated rings. The van der Waals surface area contributed by atoms with Crippen molar-refractivity contribution in [2.75, 3.05) is 24.1 Å². The SMILES string of the molecule is Nc1ccc(NC(=O)NCCN2C(=O)c3ccccc3C2=O)cc1. The summed E-state index contributed by atoms with van der Waals surface area (Å²) >= 11 is 0. The Hall–Kier alpha value is -3.35. The summed E-state index contributed by atoms with van der Waals surface area (Å²) in [5.41, 5.74) is 7.57. The smallest absolute Gasteiger partial charge is 0.319 e. The average Bonchev–Trinajstić information content (AvgIpc) is 2.82. The van der Waals surface area contributed by atoms with Crippen LogP contribution in [0.2, 0.25) is 0 Å². The molecule has 0 aliphatic carbocycles. The fraction of sp³-hybridized carbons (Fsp3) is 0.118. The minimum atomic E-state index is -0.420. The molecule has 1 aliphatic heterocycles. The largest absolute Gasteiger partial charge is 0.399 e. The second kappa shape index (κ2) is 6.41. The van der Waals surface area contributed by atoms with Crippen LogP contribution < -0.4 is 16.4 Å². The summed E-state index contributed by atoms with van der Waals surface area (Å²) in [7, 11) is 0. The fourth-order valence-electron chi connectivity index (χ4n) is 2.47. The number of nitrogens with two attached hydrogens (primary N) is 1. The van der Waals surface area contributed by atoms with Crippen molar-refractivity contribution in [1.29, 1.82) is 0 Å². The first-order valence-corrected chi connectivity index (χ1v) is 7.42. The predicted octanol–water partition coefficient (Wildman–Crippen LogP) is 1.69. The molecular formula is C17H16N4O3. The number of rotatable bonds is 4. The first kappa shape index (κ1) is 15.5. The van der Waals surface area contributed by atoms with Crippen molar-refractivity contribution in [1.82, 2.24) is 10.2 Å². The zero-order valence-corrected chi connectivity index (χ0v) is 12.8. The third-order valence-electron chi connectivity index (χ3n) is 3.67. The molecule has 24 heavy (non-hydrogen) atoms. The molecule has 0 spiro atoms. The van der Waals surface area contributed by atoms with Crippen LogP contribution >= 0.6 is 0 Å². The van der Waals surface area contributed by atoms with Crippen molar-refractivity contribution >= 4 is 29.2 Å². The number of imide groups is 1. The van der Waals surface area contributed by atoms with Crippen LogP contribution in [-0.4, -0.2) is 35.8 Å². The number of hydrogen-bond donors (Lipinski definition) is 3. The minimum absolute atomic E-state index is 0.113. The van der Waals surface area contributed by atoms with Gasteiger partial charge in [0.15, 0.2) is 0 Å². The molecule has 4 N–H and O–H groups in total. The third-order valence-corrected chi connectivity index (χ3v) is 3.67. The Balaban J connectivity index is 1.52. The standard InChI is InChI=1S/C17H16N4O3/c18-11-5-7-12(8-6-11)20-17(24)19-9-10-21-15(22)13-3-1-2-4-14(13)16(21)23/h1-8H,9-10,18H2,(H2,19,20,24). The number of nitrogens with zero attached hydrogens (tertiary/aromatic N) is 1. The van der Waals surface area contributed by atoms with Crippen LogP contribution in [-0.2, 0) is 0 Å². The van der Waals surface area contributed by atoms with E-state index in [1.165, 1.54) is 0 Å². The molecule has 0 saturated heterocycles. The lowest BCUT2D eigenvalue weighted by atomic mass is 10.1. The molecule has 0 saturated carbocycles. The zero-order valence-electron chi connectivity index (χ0n) is 12.8. The van der Waals surface area contributed by atoms with Gasteiger partial charge in [0.25, 0.3) is 11.8 Å². The Morgan fingerprint density at radius 2 is 1.54 bits per heavy atom. The molecule has 0 radical (unpaired) electrons. The molecule has 1 heterocycles. The van der Waals surface area contributed by atoms with Crippen LogP contribution in [0.4, 0.5) is 16.2 Å². The van der Waals surface area contributed by atoms with Gasteiger partial charge in [-0.25, -0.2) is 4.79 Å². The van der Waals surface area contributed by atoms with Gasteiger partial charge in [-0.15, -0.1) is 0 Å². The minimum Gasteiger partial charge on any atom is -0.399 e. The van der Waals surface area contributed by atoms with E-state index in [0.717, 1.165) is 4.90 Å². The number of urea groups is 1. The zero-order chi connectivity index (χ0) is 17.1. The van der Waals surface area contributed by atoms with Gasteiger partial charge < -0.3 is 16.4 Å². The van der Waals surface area contributed by atoms with E-state index in [2.05, 4.69) is 10.6 Å². The summed E-state index contributed by atoms with van der Waals surface area (Å²) in [5, 5.41) is 5.25. The molecule has 1 aliphatic rings. The highest BCUT2D eigenvalue weighted by molar-refractivity contribution is 6.21. The van der Waals surface area contributed by atoms with E-state index in [9.17, 15) is 14.4 Å². The fourth-order valence-corrected chi connectivity index (χ4v) is 2.47. The summed E-state index contributed by atoms with van der Waals surface area (Å²) < 4.78 is 0. The molecule has 7 nitrogen and oxygen atoms in total. The molecule has 3 rings (SSSR count). The topological polar surface area (TPSA) is 105 Å². The van der Waals surface area contributed by atoms with Gasteiger partial charge in [-0.2, -0.15) is 0 Å². The second-order valence-corrected chi connectivity index (χ2v) is 5.31. The number of nitrogens with one attached hydrogen (secondary N) is 2. The normalized spacial score (nSPS) is 12.9. The highest BCUT2D eigenvalue weighted by Gasteiger charge is 2.34. The monoisotopic (exact) mass is 324 g/mol. The van der Waals surface area contributed by atoms with E-state index in [-0.39, 0.29) is 24.9 Å². The number of benzene rings is 2. The summed E-state index contributed by atoms with van der Waals surface area (Å²) in [6, 6.07) is 13.0. The van der Waals surface area contributed by atoms with E-state index >= 15 is 0 Å². The molecule has 2 aromatic carbocycles. The van der Waals surface area contributed by atoms with Gasteiger partial charge in [-0.05, 0) is 36.4 Å². The number of carbonyl (C=O) groups is 3. The van der Waals surface area contributed by atoms with Crippen molar-refractivity contribution in [3.05, 3.63) is 59.7 Å². The molecule has 0 bridgehead atoms. The summed E-state index contributed by atoms with van der Waals surface area (Å²) in [5.74, 6) is -0.673. The van der Waals surface area contributed by atoms with Crippen LogP contribution in [0.3, 0.4) is 0 Å². The molecular weight excluding hydrogens is 308 g/mol. The Morgan fingerprint density at radius 1 is 0.958 bits per heavy atom. The first-order chi connectivity index (χ1) is 11.6. The van der Waals surface area contributed by atoms with Gasteiger partial charge in [0.05, 0.1) is 11.1 Å². The lowest BCUT2D eigenvalue weighted by Gasteiger charge is -2.14. The summed E-state index contributed by atoms with van der Waals surface area (Å²) in [4.78, 5) is 37.3. The molecule has 122 valence electrons. The van der Waals surface area contributed by atoms with Crippen LogP contribution in [0.1, 0.15) is 20.7 Å². The summed E-state index contributed by atoms with van der Waals surface area (Å²) in [6.45, 7) is 0.272. The van der Waals surface area contributed by atoms with Crippen LogP contribution in [0.25, 0.3) is 0 Å². The van der Waals surface area contributed by atoms with Gasteiger partial charge >= 0.3 is 6.03 Å². The summed E-state index contributed by atoms with van der Waals surface area (Å²) in [6.07, 6.45) is 0. The van der Waals surface area contributed by atoms with Crippen LogP contribution in [0, 0.1) is 0 Å². The Kier molecular flexibility index (Phi) is 4.15. The number of amides is 4. The van der Waals surface area contributed by atoms with Gasteiger partial charge in [-0.1, -0.05) is 12.1 Å². The van der Waals surface area contributed by atoms with Gasteiger partial charge in [0.1, 0.15) is 0 Å². The Morgan fingerprint density at radius 3 is 2.12 bits per heavy atom. The van der Waals surface area contributed by atoms with Crippen molar-refractivity contribution in [2.45, 2.75) is 0 Å². The van der Waals surface area contributed by atoms with E-state index in [1.54, 1.807) is 48.5 Å². The maximum Gasteiger partial charge on any atom is 0.319 e. The highest BCUT2D eigenvalue weighted by Crippen LogP contribution is 2.21. The van der Waals surface area contributed by atoms with Crippen molar-refractivity contribution in [3.63, 3.8) is 0 Å². The Bertz CT molecular complexity index is 767. The number of carbonyl (C=O) groups excluding carboxylic acids is 3. The lowest BCUT2D eigenvalue weighted by molar-refractivity contribution is 0.0656.